The van der Waals surface area contributed by atoms with Gasteiger partial charge in [-0.1, -0.05) is 0 Å². The molecule has 10 heteroatoms. The summed E-state index contributed by atoms with van der Waals surface area (Å²) in [7, 11) is -8.64. The molecule has 0 saturated heterocycles. The minimum absolute atomic E-state index is 0.249. The van der Waals surface area contributed by atoms with Gasteiger partial charge in [0.1, 0.15) is 23.3 Å². The summed E-state index contributed by atoms with van der Waals surface area (Å²) >= 11 is 0. The molecule has 0 spiro atoms. The van der Waals surface area contributed by atoms with Crippen LogP contribution >= 0.6 is 0 Å². The third kappa shape index (κ3) is 6.33. The number of hydrogen-bond donors (Lipinski definition) is 0. The Morgan fingerprint density at radius 3 is 1.37 bits per heavy atom. The molecular formula is C17H12F4O4S2. The van der Waals surface area contributed by atoms with E-state index in [0.29, 0.717) is 22.9 Å². The van der Waals surface area contributed by atoms with E-state index >= 15 is 0 Å². The number of halogens is 4. The lowest BCUT2D eigenvalue weighted by Gasteiger charge is -2.00. The number of sulfone groups is 2. The van der Waals surface area contributed by atoms with Gasteiger partial charge in [0.15, 0.2) is 24.8 Å². The van der Waals surface area contributed by atoms with Gasteiger partial charge in [0.05, 0.1) is 0 Å². The highest BCUT2D eigenvalue weighted by molar-refractivity contribution is 8.10. The molecule has 0 aliphatic carbocycles. The van der Waals surface area contributed by atoms with Crippen LogP contribution in [0, 0.1) is 23.3 Å². The monoisotopic (exact) mass is 420 g/mol. The van der Waals surface area contributed by atoms with Crippen LogP contribution in [-0.2, 0) is 19.7 Å². The van der Waals surface area contributed by atoms with E-state index in [2.05, 4.69) is 0 Å². The summed E-state index contributed by atoms with van der Waals surface area (Å²) in [5.74, 6) is -3.74. The standard InChI is InChI=1S/C17H12F4O4S2/c18-14-3-1-12(16(20)9-14)5-7-26(22,23)11-27(24,25)8-6-13-2-4-15(19)10-17(13)21/h1-10H,11H2/b7-5+,8-6+. The van der Waals surface area contributed by atoms with Crippen molar-refractivity contribution in [2.75, 3.05) is 5.08 Å². The van der Waals surface area contributed by atoms with E-state index in [-0.39, 0.29) is 11.1 Å². The summed E-state index contributed by atoms with van der Waals surface area (Å²) in [5.41, 5.74) is -0.498. The maximum absolute atomic E-state index is 13.5. The molecule has 27 heavy (non-hydrogen) atoms. The maximum atomic E-state index is 13.5. The van der Waals surface area contributed by atoms with Crippen molar-refractivity contribution in [3.8, 4) is 0 Å². The molecule has 2 aromatic carbocycles. The molecule has 0 N–H and O–H groups in total. The van der Waals surface area contributed by atoms with Crippen molar-refractivity contribution in [3.05, 3.63) is 81.6 Å². The Morgan fingerprint density at radius 1 is 0.667 bits per heavy atom. The molecule has 0 fully saturated rings. The van der Waals surface area contributed by atoms with Gasteiger partial charge < -0.3 is 0 Å². The fraction of sp³-hybridized carbons (Fsp3) is 0.0588. The van der Waals surface area contributed by atoms with Gasteiger partial charge >= 0.3 is 0 Å². The molecule has 0 heterocycles. The predicted octanol–water partition coefficient (Wildman–Crippen LogP) is 3.67. The Kier molecular flexibility index (Phi) is 6.22. The number of hydrogen-bond acceptors (Lipinski definition) is 4. The van der Waals surface area contributed by atoms with Gasteiger partial charge in [-0.25, -0.2) is 34.4 Å². The summed E-state index contributed by atoms with van der Waals surface area (Å²) in [4.78, 5) is 0. The van der Waals surface area contributed by atoms with E-state index in [1.165, 1.54) is 0 Å². The first-order valence-corrected chi connectivity index (χ1v) is 10.6. The lowest BCUT2D eigenvalue weighted by atomic mass is 10.2. The van der Waals surface area contributed by atoms with Crippen LogP contribution in [0.1, 0.15) is 11.1 Å². The maximum Gasteiger partial charge on any atom is 0.186 e. The van der Waals surface area contributed by atoms with Crippen molar-refractivity contribution in [3.63, 3.8) is 0 Å². The van der Waals surface area contributed by atoms with Crippen LogP contribution in [-0.4, -0.2) is 21.9 Å². The average molecular weight is 420 g/mol. The van der Waals surface area contributed by atoms with E-state index in [1.54, 1.807) is 0 Å². The second-order valence-electron chi connectivity index (χ2n) is 5.38. The van der Waals surface area contributed by atoms with Crippen molar-refractivity contribution in [2.24, 2.45) is 0 Å². The Bertz CT molecular complexity index is 1030. The molecule has 0 aliphatic heterocycles. The largest absolute Gasteiger partial charge is 0.223 e. The van der Waals surface area contributed by atoms with E-state index in [0.717, 1.165) is 36.4 Å². The van der Waals surface area contributed by atoms with Crippen LogP contribution in [0.2, 0.25) is 0 Å². The normalized spacial score (nSPS) is 12.9. The third-order valence-electron chi connectivity index (χ3n) is 3.16. The minimum Gasteiger partial charge on any atom is -0.223 e. The number of rotatable bonds is 6. The summed E-state index contributed by atoms with van der Waals surface area (Å²) in [6.07, 6.45) is 1.59. The van der Waals surface area contributed by atoms with Crippen LogP contribution in [0.4, 0.5) is 17.6 Å². The van der Waals surface area contributed by atoms with Crippen LogP contribution in [0.5, 0.6) is 0 Å². The van der Waals surface area contributed by atoms with Crippen molar-refractivity contribution >= 4 is 31.8 Å². The van der Waals surface area contributed by atoms with Gasteiger partial charge in [-0.15, -0.1) is 0 Å². The Labute approximate surface area is 153 Å². The molecule has 0 aromatic heterocycles. The molecule has 4 nitrogen and oxygen atoms in total. The van der Waals surface area contributed by atoms with Gasteiger partial charge in [0, 0.05) is 34.1 Å². The summed E-state index contributed by atoms with van der Waals surface area (Å²) in [5, 5.41) is -0.390. The molecule has 0 amide bonds. The average Bonchev–Trinajstić information content (AvgIpc) is 2.52. The lowest BCUT2D eigenvalue weighted by molar-refractivity contribution is 0.581. The minimum atomic E-state index is -4.32. The zero-order valence-electron chi connectivity index (χ0n) is 13.4. The van der Waals surface area contributed by atoms with Crippen molar-refractivity contribution in [1.82, 2.24) is 0 Å². The first kappa shape index (κ1) is 20.8. The van der Waals surface area contributed by atoms with E-state index < -0.39 is 48.0 Å². The highest BCUT2D eigenvalue weighted by Crippen LogP contribution is 2.15. The zero-order valence-corrected chi connectivity index (χ0v) is 15.1. The smallest absolute Gasteiger partial charge is 0.186 e. The first-order valence-electron chi connectivity index (χ1n) is 7.19. The molecule has 2 aromatic rings. The molecule has 0 aliphatic rings. The molecule has 0 atom stereocenters. The second kappa shape index (κ2) is 8.05. The molecule has 144 valence electrons. The third-order valence-corrected chi connectivity index (χ3v) is 6.89. The molecule has 2 rings (SSSR count). The summed E-state index contributed by atoms with van der Waals surface area (Å²) < 4.78 is 100. The van der Waals surface area contributed by atoms with Gasteiger partial charge in [0.2, 0.25) is 0 Å². The molecule has 0 radical (unpaired) electrons. The van der Waals surface area contributed by atoms with E-state index in [1.807, 2.05) is 0 Å². The van der Waals surface area contributed by atoms with Crippen LogP contribution < -0.4 is 0 Å². The highest BCUT2D eigenvalue weighted by atomic mass is 32.3. The molecule has 0 bridgehead atoms. The Balaban J connectivity index is 2.17. The van der Waals surface area contributed by atoms with Crippen molar-refractivity contribution in [1.29, 1.82) is 0 Å². The fourth-order valence-electron chi connectivity index (χ4n) is 1.93. The Hall–Kier alpha value is -2.46. The number of benzene rings is 2. The van der Waals surface area contributed by atoms with Gasteiger partial charge in [-0.3, -0.25) is 0 Å². The molecule has 0 unspecified atom stereocenters. The SMILES string of the molecule is O=S(=O)(/C=C/c1ccc(F)cc1F)CS(=O)(=O)/C=C/c1ccc(F)cc1F. The first-order chi connectivity index (χ1) is 12.5. The van der Waals surface area contributed by atoms with Gasteiger partial charge in [-0.05, 0) is 36.4 Å². The highest BCUT2D eigenvalue weighted by Gasteiger charge is 2.18. The van der Waals surface area contributed by atoms with E-state index in [9.17, 15) is 34.4 Å². The zero-order chi connectivity index (χ0) is 20.2. The van der Waals surface area contributed by atoms with E-state index in [4.69, 9.17) is 0 Å². The quantitative estimate of drug-likeness (QED) is 0.669. The van der Waals surface area contributed by atoms with Crippen LogP contribution in [0.25, 0.3) is 12.2 Å². The Morgan fingerprint density at radius 2 is 1.04 bits per heavy atom. The van der Waals surface area contributed by atoms with Gasteiger partial charge in [0.25, 0.3) is 0 Å². The van der Waals surface area contributed by atoms with Crippen LogP contribution in [0.3, 0.4) is 0 Å². The fourth-order valence-corrected chi connectivity index (χ4v) is 5.10. The van der Waals surface area contributed by atoms with Crippen LogP contribution in [0.15, 0.2) is 47.2 Å². The predicted molar refractivity (Wildman–Crippen MR) is 93.5 cm³/mol. The topological polar surface area (TPSA) is 68.3 Å². The lowest BCUT2D eigenvalue weighted by Crippen LogP contribution is -2.11. The van der Waals surface area contributed by atoms with Gasteiger partial charge in [-0.2, -0.15) is 0 Å². The van der Waals surface area contributed by atoms with Crippen molar-refractivity contribution in [2.45, 2.75) is 0 Å². The molecule has 0 saturated carbocycles. The second-order valence-corrected chi connectivity index (χ2v) is 9.52. The summed E-state index contributed by atoms with van der Waals surface area (Å²) in [6.45, 7) is 0. The summed E-state index contributed by atoms with van der Waals surface area (Å²) in [6, 6.07) is 4.88. The van der Waals surface area contributed by atoms with Crippen molar-refractivity contribution < 1.29 is 34.4 Å². The molecular weight excluding hydrogens is 408 g/mol.